The van der Waals surface area contributed by atoms with E-state index in [0.29, 0.717) is 31.1 Å². The summed E-state index contributed by atoms with van der Waals surface area (Å²) in [5.41, 5.74) is 2.64. The zero-order chi connectivity index (χ0) is 15.6. The number of fused-ring (bicyclic) bond motifs is 1. The van der Waals surface area contributed by atoms with E-state index < -0.39 is 9.84 Å². The second kappa shape index (κ2) is 6.26. The number of aromatic nitrogens is 1. The molecule has 0 fully saturated rings. The Kier molecular flexibility index (Phi) is 4.35. The number of hydrogen-bond acceptors (Lipinski definition) is 6. The van der Waals surface area contributed by atoms with Gasteiger partial charge in [-0.3, -0.25) is 0 Å². The minimum Gasteiger partial charge on any atom is -0.490 e. The highest BCUT2D eigenvalue weighted by molar-refractivity contribution is 7.91. The van der Waals surface area contributed by atoms with Gasteiger partial charge >= 0.3 is 0 Å². The molecule has 5 nitrogen and oxygen atoms in total. The molecule has 0 unspecified atom stereocenters. The van der Waals surface area contributed by atoms with Crippen LogP contribution in [0.5, 0.6) is 11.5 Å². The summed E-state index contributed by atoms with van der Waals surface area (Å²) >= 11 is 1.49. The standard InChI is InChI=1S/C15H17NO4S2/c1-11-15(21-10-16-11)5-8-22(17,18)12-3-4-13-14(9-12)20-7-2-6-19-13/h3-4,9-10H,2,5-8H2,1H3. The van der Waals surface area contributed by atoms with Crippen LogP contribution < -0.4 is 9.47 Å². The Balaban J connectivity index is 1.80. The maximum atomic E-state index is 12.5. The van der Waals surface area contributed by atoms with Crippen LogP contribution in [0.4, 0.5) is 0 Å². The van der Waals surface area contributed by atoms with Gasteiger partial charge in [-0.15, -0.1) is 11.3 Å². The van der Waals surface area contributed by atoms with Crippen LogP contribution in [0.2, 0.25) is 0 Å². The van der Waals surface area contributed by atoms with Crippen LogP contribution in [0.15, 0.2) is 28.6 Å². The van der Waals surface area contributed by atoms with E-state index in [2.05, 4.69) is 4.98 Å². The van der Waals surface area contributed by atoms with Gasteiger partial charge in [0.05, 0.1) is 35.1 Å². The molecule has 1 aliphatic rings. The topological polar surface area (TPSA) is 65.5 Å². The molecule has 0 saturated heterocycles. The van der Waals surface area contributed by atoms with Gasteiger partial charge in [-0.05, 0) is 25.5 Å². The molecular formula is C15H17NO4S2. The molecule has 1 aliphatic heterocycles. The van der Waals surface area contributed by atoms with Crippen molar-refractivity contribution < 1.29 is 17.9 Å². The van der Waals surface area contributed by atoms with Crippen LogP contribution in [-0.4, -0.2) is 32.4 Å². The molecule has 0 spiro atoms. The van der Waals surface area contributed by atoms with Crippen LogP contribution in [-0.2, 0) is 16.3 Å². The molecule has 22 heavy (non-hydrogen) atoms. The normalized spacial score (nSPS) is 14.6. The fraction of sp³-hybridized carbons (Fsp3) is 0.400. The Morgan fingerprint density at radius 3 is 2.73 bits per heavy atom. The highest BCUT2D eigenvalue weighted by atomic mass is 32.2. The minimum absolute atomic E-state index is 0.0652. The van der Waals surface area contributed by atoms with Crippen LogP contribution in [0.25, 0.3) is 0 Å². The van der Waals surface area contributed by atoms with E-state index in [1.165, 1.54) is 11.3 Å². The fourth-order valence-electron chi connectivity index (χ4n) is 2.25. The number of sulfone groups is 1. The van der Waals surface area contributed by atoms with E-state index in [9.17, 15) is 8.42 Å². The minimum atomic E-state index is -3.36. The number of thiazole rings is 1. The van der Waals surface area contributed by atoms with Gasteiger partial charge in [0, 0.05) is 17.4 Å². The van der Waals surface area contributed by atoms with Crippen LogP contribution in [0.3, 0.4) is 0 Å². The van der Waals surface area contributed by atoms with Crippen molar-refractivity contribution in [2.24, 2.45) is 0 Å². The molecule has 0 atom stereocenters. The first-order valence-electron chi connectivity index (χ1n) is 7.07. The molecule has 3 rings (SSSR count). The summed E-state index contributed by atoms with van der Waals surface area (Å²) in [4.78, 5) is 5.43. The van der Waals surface area contributed by atoms with E-state index in [1.54, 1.807) is 23.7 Å². The second-order valence-electron chi connectivity index (χ2n) is 5.09. The van der Waals surface area contributed by atoms with Gasteiger partial charge in [0.1, 0.15) is 0 Å². The summed E-state index contributed by atoms with van der Waals surface area (Å²) < 4.78 is 36.1. The van der Waals surface area contributed by atoms with Crippen molar-refractivity contribution >= 4 is 21.2 Å². The predicted octanol–water partition coefficient (Wildman–Crippen LogP) is 2.63. The molecule has 0 aliphatic carbocycles. The predicted molar refractivity (Wildman–Crippen MR) is 84.7 cm³/mol. The largest absolute Gasteiger partial charge is 0.490 e. The number of rotatable bonds is 4. The second-order valence-corrected chi connectivity index (χ2v) is 8.14. The molecule has 1 aromatic heterocycles. The van der Waals surface area contributed by atoms with Gasteiger partial charge < -0.3 is 9.47 Å². The van der Waals surface area contributed by atoms with Crippen molar-refractivity contribution in [3.63, 3.8) is 0 Å². The summed E-state index contributed by atoms with van der Waals surface area (Å²) in [5.74, 6) is 1.18. The molecule has 0 radical (unpaired) electrons. The molecule has 118 valence electrons. The lowest BCUT2D eigenvalue weighted by atomic mass is 10.3. The maximum Gasteiger partial charge on any atom is 0.178 e. The van der Waals surface area contributed by atoms with E-state index in [1.807, 2.05) is 6.92 Å². The highest BCUT2D eigenvalue weighted by Gasteiger charge is 2.19. The summed E-state index contributed by atoms with van der Waals surface area (Å²) in [6.07, 6.45) is 1.27. The molecule has 7 heteroatoms. The summed E-state index contributed by atoms with van der Waals surface area (Å²) in [7, 11) is -3.36. The quantitative estimate of drug-likeness (QED) is 0.857. The number of benzene rings is 1. The van der Waals surface area contributed by atoms with Crippen molar-refractivity contribution in [2.75, 3.05) is 19.0 Å². The number of aryl methyl sites for hydroxylation is 2. The van der Waals surface area contributed by atoms with E-state index in [4.69, 9.17) is 9.47 Å². The number of ether oxygens (including phenoxy) is 2. The van der Waals surface area contributed by atoms with Crippen molar-refractivity contribution in [1.82, 2.24) is 4.98 Å². The molecular weight excluding hydrogens is 322 g/mol. The Bertz CT molecular complexity index is 768. The third kappa shape index (κ3) is 3.25. The third-order valence-corrected chi connectivity index (χ3v) is 6.23. The fourth-order valence-corrected chi connectivity index (χ4v) is 4.43. The third-order valence-electron chi connectivity index (χ3n) is 3.52. The van der Waals surface area contributed by atoms with Crippen molar-refractivity contribution in [2.45, 2.75) is 24.7 Å². The monoisotopic (exact) mass is 339 g/mol. The maximum absolute atomic E-state index is 12.5. The highest BCUT2D eigenvalue weighted by Crippen LogP contribution is 2.32. The van der Waals surface area contributed by atoms with Gasteiger partial charge in [-0.2, -0.15) is 0 Å². The first-order valence-corrected chi connectivity index (χ1v) is 9.61. The van der Waals surface area contributed by atoms with E-state index in [-0.39, 0.29) is 10.6 Å². The van der Waals surface area contributed by atoms with E-state index in [0.717, 1.165) is 17.0 Å². The van der Waals surface area contributed by atoms with Crippen LogP contribution >= 0.6 is 11.3 Å². The summed E-state index contributed by atoms with van der Waals surface area (Å²) in [6.45, 7) is 3.02. The molecule has 0 amide bonds. The summed E-state index contributed by atoms with van der Waals surface area (Å²) in [5, 5.41) is 0. The first-order chi connectivity index (χ1) is 10.6. The smallest absolute Gasteiger partial charge is 0.178 e. The van der Waals surface area contributed by atoms with Gasteiger partial charge in [-0.1, -0.05) is 0 Å². The average Bonchev–Trinajstić information content (AvgIpc) is 2.77. The Labute approximate surface area is 133 Å². The van der Waals surface area contributed by atoms with Gasteiger partial charge in [0.25, 0.3) is 0 Å². The molecule has 2 aromatic rings. The molecule has 1 aromatic carbocycles. The zero-order valence-corrected chi connectivity index (χ0v) is 13.9. The first kappa shape index (κ1) is 15.3. The van der Waals surface area contributed by atoms with Crippen molar-refractivity contribution in [1.29, 1.82) is 0 Å². The van der Waals surface area contributed by atoms with Gasteiger partial charge in [0.15, 0.2) is 21.3 Å². The summed E-state index contributed by atoms with van der Waals surface area (Å²) in [6, 6.07) is 4.82. The average molecular weight is 339 g/mol. The molecule has 0 N–H and O–H groups in total. The molecule has 0 bridgehead atoms. The number of hydrogen-bond donors (Lipinski definition) is 0. The van der Waals surface area contributed by atoms with E-state index >= 15 is 0 Å². The van der Waals surface area contributed by atoms with Crippen LogP contribution in [0, 0.1) is 6.92 Å². The van der Waals surface area contributed by atoms with Crippen LogP contribution in [0.1, 0.15) is 17.0 Å². The van der Waals surface area contributed by atoms with Gasteiger partial charge in [-0.25, -0.2) is 13.4 Å². The lowest BCUT2D eigenvalue weighted by Gasteiger charge is -2.10. The Morgan fingerprint density at radius 2 is 2.00 bits per heavy atom. The van der Waals surface area contributed by atoms with Gasteiger partial charge in [0.2, 0.25) is 0 Å². The van der Waals surface area contributed by atoms with Crippen molar-refractivity contribution in [3.05, 3.63) is 34.3 Å². The SMILES string of the molecule is Cc1ncsc1CCS(=O)(=O)c1ccc2c(c1)OCCCO2. The molecule has 0 saturated carbocycles. The number of nitrogens with zero attached hydrogens (tertiary/aromatic N) is 1. The Hall–Kier alpha value is -1.60. The Morgan fingerprint density at radius 1 is 1.23 bits per heavy atom. The zero-order valence-electron chi connectivity index (χ0n) is 12.2. The lowest BCUT2D eigenvalue weighted by Crippen LogP contribution is -2.09. The lowest BCUT2D eigenvalue weighted by molar-refractivity contribution is 0.297. The van der Waals surface area contributed by atoms with Crippen molar-refractivity contribution in [3.8, 4) is 11.5 Å². The molecule has 2 heterocycles.